The van der Waals surface area contributed by atoms with Crippen LogP contribution in [-0.4, -0.2) is 28.3 Å². The van der Waals surface area contributed by atoms with Gasteiger partial charge in [-0.3, -0.25) is 0 Å². The number of nitrogens with zero attached hydrogens (tertiary/aromatic N) is 2. The smallest absolute Gasteiger partial charge is 0.748 e. The Labute approximate surface area is 161 Å². The summed E-state index contributed by atoms with van der Waals surface area (Å²) in [5.41, 5.74) is 2.01. The average molecular weight is 320 g/mol. The molecule has 1 aromatic carbocycles. The average Bonchev–Trinajstić information content (AvgIpc) is 2.71. The fourth-order valence-corrected chi connectivity index (χ4v) is 2.75. The monoisotopic (exact) mass is 320 g/mol. The maximum absolute atomic E-state index is 10.6. The molecule has 2 rings (SSSR count). The van der Waals surface area contributed by atoms with Gasteiger partial charge < -0.3 is 9.12 Å². The molecule has 104 valence electrons. The van der Waals surface area contributed by atoms with E-state index in [1.54, 1.807) is 0 Å². The van der Waals surface area contributed by atoms with Crippen molar-refractivity contribution in [2.24, 2.45) is 0 Å². The molecule has 5 nitrogen and oxygen atoms in total. The summed E-state index contributed by atoms with van der Waals surface area (Å²) in [4.78, 5) is 4.54. The van der Waals surface area contributed by atoms with Gasteiger partial charge in [0.15, 0.2) is 0 Å². The second kappa shape index (κ2) is 8.02. The molecule has 0 N–H and O–H groups in total. The Kier molecular flexibility index (Phi) is 7.34. The first-order valence-electron chi connectivity index (χ1n) is 6.39. The van der Waals surface area contributed by atoms with Crippen LogP contribution in [0.2, 0.25) is 0 Å². The zero-order chi connectivity index (χ0) is 13.9. The van der Waals surface area contributed by atoms with Crippen LogP contribution in [0.15, 0.2) is 24.3 Å². The summed E-state index contributed by atoms with van der Waals surface area (Å²) in [6.07, 6.45) is 1.88. The van der Waals surface area contributed by atoms with Crippen molar-refractivity contribution in [1.29, 1.82) is 0 Å². The number of benzene rings is 1. The molecule has 7 heteroatoms. The first-order chi connectivity index (χ1) is 9.01. The van der Waals surface area contributed by atoms with Crippen molar-refractivity contribution in [1.82, 2.24) is 9.55 Å². The van der Waals surface area contributed by atoms with Crippen molar-refractivity contribution in [3.63, 3.8) is 0 Å². The van der Waals surface area contributed by atoms with Crippen LogP contribution in [0.5, 0.6) is 0 Å². The normalized spacial score (nSPS) is 11.5. The Morgan fingerprint density at radius 3 is 2.60 bits per heavy atom. The zero-order valence-electron chi connectivity index (χ0n) is 11.9. The minimum Gasteiger partial charge on any atom is -0.748 e. The summed E-state index contributed by atoms with van der Waals surface area (Å²) in [6.45, 7) is 2.74. The summed E-state index contributed by atoms with van der Waals surface area (Å²) in [6, 6.07) is 7.88. The van der Waals surface area contributed by atoms with E-state index in [0.29, 0.717) is 19.4 Å². The molecule has 0 bridgehead atoms. The third kappa shape index (κ3) is 4.90. The van der Waals surface area contributed by atoms with Crippen LogP contribution in [0, 0.1) is 0 Å². The van der Waals surface area contributed by atoms with Crippen molar-refractivity contribution in [3.05, 3.63) is 30.1 Å². The predicted molar refractivity (Wildman–Crippen MR) is 72.9 cm³/mol. The van der Waals surface area contributed by atoms with Crippen LogP contribution in [-0.2, 0) is 23.1 Å². The van der Waals surface area contributed by atoms with E-state index in [1.165, 1.54) is 0 Å². The van der Waals surface area contributed by atoms with Crippen LogP contribution in [0.25, 0.3) is 11.0 Å². The summed E-state index contributed by atoms with van der Waals surface area (Å²) in [5, 5.41) is 0. The van der Waals surface area contributed by atoms with Crippen molar-refractivity contribution in [2.45, 2.75) is 32.7 Å². The number of rotatable bonds is 6. The number of hydrogen-bond donors (Lipinski definition) is 0. The molecule has 20 heavy (non-hydrogen) atoms. The maximum Gasteiger partial charge on any atom is 1.00 e. The van der Waals surface area contributed by atoms with Gasteiger partial charge in [0, 0.05) is 18.7 Å². The van der Waals surface area contributed by atoms with Gasteiger partial charge in [0.05, 0.1) is 21.2 Å². The van der Waals surface area contributed by atoms with E-state index in [2.05, 4.69) is 9.55 Å². The van der Waals surface area contributed by atoms with Crippen LogP contribution >= 0.6 is 0 Å². The Morgan fingerprint density at radius 1 is 1.25 bits per heavy atom. The SMILES string of the molecule is CCc1nc2ccccc2n1CCCCS(=O)(=O)[O-].[K+]. The van der Waals surface area contributed by atoms with Gasteiger partial charge in [0.2, 0.25) is 0 Å². The molecule has 0 unspecified atom stereocenters. The molecular weight excluding hydrogens is 303 g/mol. The fourth-order valence-electron chi connectivity index (χ4n) is 2.19. The standard InChI is InChI=1S/C13H18N2O3S.K/c1-2-13-14-11-7-3-4-8-12(11)15(13)9-5-6-10-19(16,17)18;/h3-4,7-8H,2,5-6,9-10H2,1H3,(H,16,17,18);/q;+1/p-1. The molecule has 0 spiro atoms. The molecule has 0 fully saturated rings. The van der Waals surface area contributed by atoms with E-state index in [1.807, 2.05) is 31.2 Å². The third-order valence-electron chi connectivity index (χ3n) is 3.08. The Balaban J connectivity index is 0.00000200. The molecule has 0 aliphatic heterocycles. The number of fused-ring (bicyclic) bond motifs is 1. The van der Waals surface area contributed by atoms with Gasteiger partial charge in [-0.05, 0) is 25.0 Å². The van der Waals surface area contributed by atoms with E-state index in [-0.39, 0.29) is 57.1 Å². The van der Waals surface area contributed by atoms with Crippen LogP contribution in [0.3, 0.4) is 0 Å². The van der Waals surface area contributed by atoms with Gasteiger partial charge in [-0.1, -0.05) is 19.1 Å². The molecule has 0 amide bonds. The van der Waals surface area contributed by atoms with Crippen molar-refractivity contribution < 1.29 is 64.4 Å². The van der Waals surface area contributed by atoms with Gasteiger partial charge in [-0.15, -0.1) is 0 Å². The fraction of sp³-hybridized carbons (Fsp3) is 0.462. The summed E-state index contributed by atoms with van der Waals surface area (Å²) in [7, 11) is -4.10. The molecule has 1 heterocycles. The number of aromatic nitrogens is 2. The van der Waals surface area contributed by atoms with Crippen molar-refractivity contribution >= 4 is 21.2 Å². The number of hydrogen-bond acceptors (Lipinski definition) is 4. The van der Waals surface area contributed by atoms with E-state index in [4.69, 9.17) is 0 Å². The van der Waals surface area contributed by atoms with E-state index >= 15 is 0 Å². The first-order valence-corrected chi connectivity index (χ1v) is 7.96. The Morgan fingerprint density at radius 2 is 1.95 bits per heavy atom. The quantitative estimate of drug-likeness (QED) is 0.386. The third-order valence-corrected chi connectivity index (χ3v) is 3.86. The molecule has 0 atom stereocenters. The summed E-state index contributed by atoms with van der Waals surface area (Å²) in [5.74, 6) is 0.701. The van der Waals surface area contributed by atoms with Gasteiger partial charge in [-0.2, -0.15) is 0 Å². The van der Waals surface area contributed by atoms with Crippen molar-refractivity contribution in [2.75, 3.05) is 5.75 Å². The van der Waals surface area contributed by atoms with E-state index in [0.717, 1.165) is 23.3 Å². The molecule has 1 aromatic heterocycles. The van der Waals surface area contributed by atoms with Crippen molar-refractivity contribution in [3.8, 4) is 0 Å². The van der Waals surface area contributed by atoms with Gasteiger partial charge in [-0.25, -0.2) is 13.4 Å². The number of aryl methyl sites for hydroxylation is 2. The topological polar surface area (TPSA) is 75.0 Å². The van der Waals surface area contributed by atoms with E-state index in [9.17, 15) is 13.0 Å². The first kappa shape index (κ1) is 18.3. The largest absolute Gasteiger partial charge is 1.00 e. The Hall–Kier alpha value is 0.236. The molecule has 0 saturated heterocycles. The molecule has 0 aliphatic carbocycles. The second-order valence-corrected chi connectivity index (χ2v) is 6.01. The second-order valence-electron chi connectivity index (χ2n) is 4.49. The predicted octanol–water partition coefficient (Wildman–Crippen LogP) is -1.07. The summed E-state index contributed by atoms with van der Waals surface area (Å²) >= 11 is 0. The van der Waals surface area contributed by atoms with Gasteiger partial charge in [0.1, 0.15) is 5.82 Å². The minimum absolute atomic E-state index is 0. The summed E-state index contributed by atoms with van der Waals surface area (Å²) < 4.78 is 33.8. The molecule has 0 radical (unpaired) electrons. The number of imidazole rings is 1. The molecule has 2 aromatic rings. The molecule has 0 aliphatic rings. The molecular formula is C13H17KN2O3S. The minimum atomic E-state index is -4.10. The van der Waals surface area contributed by atoms with Gasteiger partial charge in [0.25, 0.3) is 0 Å². The van der Waals surface area contributed by atoms with Gasteiger partial charge >= 0.3 is 51.4 Å². The van der Waals surface area contributed by atoms with Crippen LogP contribution in [0.4, 0.5) is 0 Å². The van der Waals surface area contributed by atoms with E-state index < -0.39 is 10.1 Å². The van der Waals surface area contributed by atoms with Crippen LogP contribution in [0.1, 0.15) is 25.6 Å². The zero-order valence-corrected chi connectivity index (χ0v) is 15.8. The number of para-hydroxylation sites is 2. The molecule has 0 saturated carbocycles. The van der Waals surface area contributed by atoms with Crippen LogP contribution < -0.4 is 51.4 Å². The maximum atomic E-state index is 10.6. The Bertz CT molecular complexity index is 667. The number of unbranched alkanes of at least 4 members (excludes halogenated alkanes) is 1.